The Morgan fingerprint density at radius 3 is 2.38 bits per heavy atom. The lowest BCUT2D eigenvalue weighted by molar-refractivity contribution is 0.414. The molecule has 0 heterocycles. The van der Waals surface area contributed by atoms with Crippen molar-refractivity contribution in [1.82, 2.24) is 5.32 Å². The van der Waals surface area contributed by atoms with Gasteiger partial charge in [0.1, 0.15) is 11.5 Å². The van der Waals surface area contributed by atoms with Crippen LogP contribution in [0.5, 0.6) is 11.5 Å². The number of hydrogen-bond donors (Lipinski definition) is 1. The molecule has 0 unspecified atom stereocenters. The van der Waals surface area contributed by atoms with Gasteiger partial charge in [0.15, 0.2) is 0 Å². The van der Waals surface area contributed by atoms with Gasteiger partial charge in [0.2, 0.25) is 0 Å². The van der Waals surface area contributed by atoms with E-state index in [1.54, 1.807) is 12.1 Å². The minimum Gasteiger partial charge on any atom is -0.457 e. The van der Waals surface area contributed by atoms with E-state index in [0.29, 0.717) is 15.8 Å². The molecule has 0 spiro atoms. The van der Waals surface area contributed by atoms with E-state index in [1.807, 2.05) is 30.3 Å². The van der Waals surface area contributed by atoms with Crippen LogP contribution >= 0.6 is 23.2 Å². The third-order valence-corrected chi connectivity index (χ3v) is 3.64. The first kappa shape index (κ1) is 16.2. The Kier molecular flexibility index (Phi) is 5.15. The van der Waals surface area contributed by atoms with Crippen molar-refractivity contribution in [3.8, 4) is 11.5 Å². The maximum Gasteiger partial charge on any atom is 0.131 e. The molecule has 0 aliphatic rings. The van der Waals surface area contributed by atoms with Crippen LogP contribution in [0.25, 0.3) is 0 Å². The Hall–Kier alpha value is -1.22. The fourth-order valence-electron chi connectivity index (χ4n) is 1.78. The predicted octanol–water partition coefficient (Wildman–Crippen LogP) is 5.67. The minimum atomic E-state index is 0.0523. The lowest BCUT2D eigenvalue weighted by Crippen LogP contribution is -2.35. The number of hydrogen-bond acceptors (Lipinski definition) is 2. The van der Waals surface area contributed by atoms with E-state index >= 15 is 0 Å². The molecular formula is C17H19Cl2NO. The predicted molar refractivity (Wildman–Crippen MR) is 89.6 cm³/mol. The second-order valence-electron chi connectivity index (χ2n) is 5.89. The zero-order valence-electron chi connectivity index (χ0n) is 12.4. The molecule has 1 N–H and O–H groups in total. The van der Waals surface area contributed by atoms with Crippen LogP contribution in [0.4, 0.5) is 0 Å². The fraction of sp³-hybridized carbons (Fsp3) is 0.294. The highest BCUT2D eigenvalue weighted by Crippen LogP contribution is 2.31. The first-order valence-corrected chi connectivity index (χ1v) is 7.56. The van der Waals surface area contributed by atoms with Gasteiger partial charge in [0, 0.05) is 23.7 Å². The van der Waals surface area contributed by atoms with Gasteiger partial charge < -0.3 is 10.1 Å². The number of halogens is 2. The molecule has 0 aliphatic carbocycles. The summed E-state index contributed by atoms with van der Waals surface area (Å²) in [7, 11) is 0. The SMILES string of the molecule is CC(C)(C)NCc1ccccc1Oc1ccc(Cl)c(Cl)c1. The maximum atomic E-state index is 6.02. The highest BCUT2D eigenvalue weighted by atomic mass is 35.5. The van der Waals surface area contributed by atoms with Crippen molar-refractivity contribution in [3.63, 3.8) is 0 Å². The molecule has 0 saturated carbocycles. The van der Waals surface area contributed by atoms with Crippen LogP contribution in [0.15, 0.2) is 42.5 Å². The average Bonchev–Trinajstić information content (AvgIpc) is 2.41. The first-order valence-electron chi connectivity index (χ1n) is 6.81. The number of rotatable bonds is 4. The van der Waals surface area contributed by atoms with Gasteiger partial charge in [-0.05, 0) is 39.0 Å². The fourth-order valence-corrected chi connectivity index (χ4v) is 2.07. The van der Waals surface area contributed by atoms with Gasteiger partial charge in [-0.1, -0.05) is 41.4 Å². The van der Waals surface area contributed by atoms with Crippen molar-refractivity contribution in [2.75, 3.05) is 0 Å². The molecule has 0 bridgehead atoms. The average molecular weight is 324 g/mol. The van der Waals surface area contributed by atoms with Crippen LogP contribution in [0, 0.1) is 0 Å². The minimum absolute atomic E-state index is 0.0523. The van der Waals surface area contributed by atoms with Gasteiger partial charge >= 0.3 is 0 Å². The lowest BCUT2D eigenvalue weighted by atomic mass is 10.1. The summed E-state index contributed by atoms with van der Waals surface area (Å²) in [5.74, 6) is 1.49. The molecule has 2 aromatic carbocycles. The molecule has 0 aliphatic heterocycles. The summed E-state index contributed by atoms with van der Waals surface area (Å²) < 4.78 is 5.93. The number of nitrogens with one attached hydrogen (secondary N) is 1. The molecular weight excluding hydrogens is 305 g/mol. The molecule has 0 saturated heterocycles. The van der Waals surface area contributed by atoms with Gasteiger partial charge in [0.05, 0.1) is 10.0 Å². The smallest absolute Gasteiger partial charge is 0.131 e. The second-order valence-corrected chi connectivity index (χ2v) is 6.70. The van der Waals surface area contributed by atoms with Gasteiger partial charge in [-0.25, -0.2) is 0 Å². The molecule has 0 atom stereocenters. The summed E-state index contributed by atoms with van der Waals surface area (Å²) >= 11 is 11.9. The van der Waals surface area contributed by atoms with E-state index in [2.05, 4.69) is 26.1 Å². The standard InChI is InChI=1S/C17H19Cl2NO/c1-17(2,3)20-11-12-6-4-5-7-16(12)21-13-8-9-14(18)15(19)10-13/h4-10,20H,11H2,1-3H3. The number of para-hydroxylation sites is 1. The van der Waals surface area contributed by atoms with Crippen LogP contribution in [0.1, 0.15) is 26.3 Å². The molecule has 21 heavy (non-hydrogen) atoms. The summed E-state index contributed by atoms with van der Waals surface area (Å²) in [6.45, 7) is 7.14. The van der Waals surface area contributed by atoms with Gasteiger partial charge in [-0.3, -0.25) is 0 Å². The molecule has 2 aromatic rings. The Morgan fingerprint density at radius 2 is 1.71 bits per heavy atom. The van der Waals surface area contributed by atoms with E-state index in [4.69, 9.17) is 27.9 Å². The lowest BCUT2D eigenvalue weighted by Gasteiger charge is -2.21. The molecule has 4 heteroatoms. The quantitative estimate of drug-likeness (QED) is 0.782. The monoisotopic (exact) mass is 323 g/mol. The zero-order chi connectivity index (χ0) is 15.5. The van der Waals surface area contributed by atoms with Crippen LogP contribution < -0.4 is 10.1 Å². The first-order chi connectivity index (χ1) is 9.85. The topological polar surface area (TPSA) is 21.3 Å². The molecule has 0 amide bonds. The normalized spacial score (nSPS) is 11.5. The van der Waals surface area contributed by atoms with Crippen molar-refractivity contribution in [2.24, 2.45) is 0 Å². The second kappa shape index (κ2) is 6.69. The van der Waals surface area contributed by atoms with Crippen molar-refractivity contribution in [3.05, 3.63) is 58.1 Å². The van der Waals surface area contributed by atoms with Crippen LogP contribution in [-0.2, 0) is 6.54 Å². The summed E-state index contributed by atoms with van der Waals surface area (Å²) in [6, 6.07) is 13.2. The van der Waals surface area contributed by atoms with Crippen LogP contribution in [-0.4, -0.2) is 5.54 Å². The summed E-state index contributed by atoms with van der Waals surface area (Å²) in [5.41, 5.74) is 1.15. The van der Waals surface area contributed by atoms with Crippen LogP contribution in [0.3, 0.4) is 0 Å². The molecule has 2 nitrogen and oxygen atoms in total. The van der Waals surface area contributed by atoms with Crippen LogP contribution in [0.2, 0.25) is 10.0 Å². The largest absolute Gasteiger partial charge is 0.457 e. The molecule has 0 radical (unpaired) electrons. The third-order valence-electron chi connectivity index (χ3n) is 2.90. The maximum absolute atomic E-state index is 6.02. The van der Waals surface area contributed by atoms with Gasteiger partial charge in [-0.15, -0.1) is 0 Å². The molecule has 0 aromatic heterocycles. The molecule has 112 valence electrons. The van der Waals surface area contributed by atoms with Crippen molar-refractivity contribution >= 4 is 23.2 Å². The van der Waals surface area contributed by atoms with Gasteiger partial charge in [-0.2, -0.15) is 0 Å². The van der Waals surface area contributed by atoms with Crippen molar-refractivity contribution in [1.29, 1.82) is 0 Å². The Labute approximate surface area is 136 Å². The summed E-state index contributed by atoms with van der Waals surface area (Å²) in [5, 5.41) is 4.46. The van der Waals surface area contributed by atoms with Crippen molar-refractivity contribution < 1.29 is 4.74 Å². The van der Waals surface area contributed by atoms with E-state index in [1.165, 1.54) is 0 Å². The summed E-state index contributed by atoms with van der Waals surface area (Å²) in [4.78, 5) is 0. The Morgan fingerprint density at radius 1 is 1.00 bits per heavy atom. The highest BCUT2D eigenvalue weighted by molar-refractivity contribution is 6.42. The number of ether oxygens (including phenoxy) is 1. The zero-order valence-corrected chi connectivity index (χ0v) is 13.9. The van der Waals surface area contributed by atoms with E-state index < -0.39 is 0 Å². The Balaban J connectivity index is 2.17. The van der Waals surface area contributed by atoms with Crippen molar-refractivity contribution in [2.45, 2.75) is 32.9 Å². The Bertz CT molecular complexity index is 620. The summed E-state index contributed by atoms with van der Waals surface area (Å²) in [6.07, 6.45) is 0. The third kappa shape index (κ3) is 4.92. The molecule has 0 fully saturated rings. The van der Waals surface area contributed by atoms with Gasteiger partial charge in [0.25, 0.3) is 0 Å². The van der Waals surface area contributed by atoms with E-state index in [0.717, 1.165) is 17.9 Å². The number of benzene rings is 2. The molecule has 2 rings (SSSR count). The highest BCUT2D eigenvalue weighted by Gasteiger charge is 2.11. The van der Waals surface area contributed by atoms with E-state index in [9.17, 15) is 0 Å². The van der Waals surface area contributed by atoms with E-state index in [-0.39, 0.29) is 5.54 Å².